The highest BCUT2D eigenvalue weighted by atomic mass is 79.9. The van der Waals surface area contributed by atoms with Gasteiger partial charge in [0.05, 0.1) is 0 Å². The Morgan fingerprint density at radius 3 is 2.90 bits per heavy atom. The van der Waals surface area contributed by atoms with E-state index in [1.165, 1.54) is 25.0 Å². The van der Waals surface area contributed by atoms with Crippen molar-refractivity contribution in [2.75, 3.05) is 12.8 Å². The average Bonchev–Trinajstić information content (AvgIpc) is 2.31. The molecule has 0 saturated heterocycles. The molecular formula is C7H14BrNS. The van der Waals surface area contributed by atoms with Crippen LogP contribution in [-0.4, -0.2) is 17.6 Å². The molecule has 1 N–H and O–H groups in total. The largest absolute Gasteiger partial charge is 0.267 e. The predicted molar refractivity (Wildman–Crippen MR) is 51.6 cm³/mol. The lowest BCUT2D eigenvalue weighted by Gasteiger charge is -2.11. The molecule has 2 atom stereocenters. The molecule has 1 aliphatic rings. The lowest BCUT2D eigenvalue weighted by Crippen LogP contribution is -2.11. The Morgan fingerprint density at radius 2 is 2.40 bits per heavy atom. The van der Waals surface area contributed by atoms with Crippen LogP contribution in [0.15, 0.2) is 0 Å². The summed E-state index contributed by atoms with van der Waals surface area (Å²) in [6.45, 7) is 0. The van der Waals surface area contributed by atoms with E-state index in [1.54, 1.807) is 0 Å². The second kappa shape index (κ2) is 4.62. The Balaban J connectivity index is 2.14. The quantitative estimate of drug-likeness (QED) is 0.583. The van der Waals surface area contributed by atoms with Crippen molar-refractivity contribution in [1.82, 2.24) is 4.72 Å². The van der Waals surface area contributed by atoms with Crippen molar-refractivity contribution in [3.8, 4) is 0 Å². The van der Waals surface area contributed by atoms with Crippen LogP contribution in [0.4, 0.5) is 0 Å². The highest BCUT2D eigenvalue weighted by molar-refractivity contribution is 9.09. The zero-order valence-corrected chi connectivity index (χ0v) is 8.67. The number of nitrogens with one attached hydrogen (secondary N) is 1. The van der Waals surface area contributed by atoms with Crippen LogP contribution in [-0.2, 0) is 0 Å². The first-order chi connectivity index (χ1) is 4.84. The minimum absolute atomic E-state index is 0.786. The van der Waals surface area contributed by atoms with E-state index in [0.717, 1.165) is 10.7 Å². The zero-order chi connectivity index (χ0) is 7.40. The van der Waals surface area contributed by atoms with E-state index >= 15 is 0 Å². The van der Waals surface area contributed by atoms with Crippen molar-refractivity contribution >= 4 is 27.9 Å². The highest BCUT2D eigenvalue weighted by Gasteiger charge is 2.24. The van der Waals surface area contributed by atoms with Crippen molar-refractivity contribution in [1.29, 1.82) is 0 Å². The fraction of sp³-hybridized carbons (Fsp3) is 1.00. The lowest BCUT2D eigenvalue weighted by atomic mass is 10.1. The number of hydrogen-bond acceptors (Lipinski definition) is 2. The Kier molecular flexibility index (Phi) is 4.11. The van der Waals surface area contributed by atoms with E-state index in [-0.39, 0.29) is 0 Å². The number of halogens is 1. The molecule has 0 spiro atoms. The van der Waals surface area contributed by atoms with Gasteiger partial charge in [0.2, 0.25) is 0 Å². The van der Waals surface area contributed by atoms with Gasteiger partial charge >= 0.3 is 0 Å². The van der Waals surface area contributed by atoms with Crippen molar-refractivity contribution in [2.24, 2.45) is 5.92 Å². The topological polar surface area (TPSA) is 12.0 Å². The maximum atomic E-state index is 3.69. The van der Waals surface area contributed by atoms with Crippen LogP contribution < -0.4 is 4.72 Å². The SMILES string of the molecule is CNSCC1CCCC1Br. The Morgan fingerprint density at radius 1 is 1.60 bits per heavy atom. The van der Waals surface area contributed by atoms with Crippen LogP contribution in [0.3, 0.4) is 0 Å². The van der Waals surface area contributed by atoms with E-state index in [9.17, 15) is 0 Å². The van der Waals surface area contributed by atoms with Gasteiger partial charge in [-0.25, -0.2) is 0 Å². The molecule has 0 heterocycles. The Bertz CT molecular complexity index is 99.6. The van der Waals surface area contributed by atoms with Gasteiger partial charge in [-0.3, -0.25) is 4.72 Å². The molecule has 3 heteroatoms. The van der Waals surface area contributed by atoms with E-state index in [4.69, 9.17) is 0 Å². The normalized spacial score (nSPS) is 33.0. The zero-order valence-electron chi connectivity index (χ0n) is 6.27. The molecule has 0 aromatic rings. The van der Waals surface area contributed by atoms with Crippen LogP contribution in [0.5, 0.6) is 0 Å². The average molecular weight is 224 g/mol. The second-order valence-corrected chi connectivity index (χ2v) is 4.93. The van der Waals surface area contributed by atoms with E-state index in [0.29, 0.717) is 0 Å². The molecule has 1 rings (SSSR count). The van der Waals surface area contributed by atoms with Crippen molar-refractivity contribution in [3.63, 3.8) is 0 Å². The smallest absolute Gasteiger partial charge is 0.0182 e. The number of rotatable bonds is 3. The molecule has 0 radical (unpaired) electrons. The predicted octanol–water partition coefficient (Wildman–Crippen LogP) is 2.42. The van der Waals surface area contributed by atoms with E-state index in [1.807, 2.05) is 19.0 Å². The summed E-state index contributed by atoms with van der Waals surface area (Å²) >= 11 is 5.52. The van der Waals surface area contributed by atoms with Crippen LogP contribution in [0.1, 0.15) is 19.3 Å². The van der Waals surface area contributed by atoms with Gasteiger partial charge in [0.1, 0.15) is 0 Å². The van der Waals surface area contributed by atoms with Gasteiger partial charge in [-0.15, -0.1) is 0 Å². The first kappa shape index (κ1) is 8.88. The molecule has 60 valence electrons. The molecule has 1 saturated carbocycles. The van der Waals surface area contributed by atoms with Gasteiger partial charge < -0.3 is 0 Å². The van der Waals surface area contributed by atoms with Gasteiger partial charge in [0.15, 0.2) is 0 Å². The van der Waals surface area contributed by atoms with E-state index < -0.39 is 0 Å². The molecule has 1 aliphatic carbocycles. The third kappa shape index (κ3) is 2.44. The summed E-state index contributed by atoms with van der Waals surface area (Å²) in [5.74, 6) is 2.16. The summed E-state index contributed by atoms with van der Waals surface area (Å²) in [5, 5.41) is 0. The van der Waals surface area contributed by atoms with Crippen molar-refractivity contribution in [2.45, 2.75) is 24.1 Å². The molecule has 0 aliphatic heterocycles. The van der Waals surface area contributed by atoms with Crippen LogP contribution in [0.25, 0.3) is 0 Å². The molecule has 0 aromatic heterocycles. The molecule has 0 amide bonds. The summed E-state index contributed by atoms with van der Waals surface area (Å²) in [6, 6.07) is 0. The maximum absolute atomic E-state index is 3.69. The standard InChI is InChI=1S/C7H14BrNS/c1-9-10-5-6-3-2-4-7(6)8/h6-7,9H,2-5H2,1H3. The fourth-order valence-corrected chi connectivity index (χ4v) is 3.17. The first-order valence-electron chi connectivity index (χ1n) is 3.77. The lowest BCUT2D eigenvalue weighted by molar-refractivity contribution is 0.641. The van der Waals surface area contributed by atoms with Crippen molar-refractivity contribution in [3.05, 3.63) is 0 Å². The van der Waals surface area contributed by atoms with Gasteiger partial charge in [-0.2, -0.15) is 0 Å². The third-order valence-electron chi connectivity index (χ3n) is 2.01. The second-order valence-electron chi connectivity index (χ2n) is 2.72. The van der Waals surface area contributed by atoms with Crippen LogP contribution >= 0.6 is 27.9 Å². The number of alkyl halides is 1. The monoisotopic (exact) mass is 223 g/mol. The summed E-state index contributed by atoms with van der Waals surface area (Å²) in [5.41, 5.74) is 0. The molecular weight excluding hydrogens is 210 g/mol. The Labute approximate surface area is 75.6 Å². The van der Waals surface area contributed by atoms with Gasteiger partial charge in [-0.05, 0) is 25.8 Å². The maximum Gasteiger partial charge on any atom is 0.0182 e. The molecule has 2 unspecified atom stereocenters. The highest BCUT2D eigenvalue weighted by Crippen LogP contribution is 2.32. The van der Waals surface area contributed by atoms with Gasteiger partial charge in [-0.1, -0.05) is 34.3 Å². The molecule has 1 nitrogen and oxygen atoms in total. The minimum atomic E-state index is 0.786. The molecule has 1 fully saturated rings. The first-order valence-corrected chi connectivity index (χ1v) is 5.67. The summed E-state index contributed by atoms with van der Waals surface area (Å²) in [4.78, 5) is 0.786. The van der Waals surface area contributed by atoms with Gasteiger partial charge in [0, 0.05) is 10.6 Å². The van der Waals surface area contributed by atoms with E-state index in [2.05, 4.69) is 20.7 Å². The molecule has 0 aromatic carbocycles. The number of hydrogen-bond donors (Lipinski definition) is 1. The summed E-state index contributed by atoms with van der Waals surface area (Å²) in [7, 11) is 1.99. The van der Waals surface area contributed by atoms with Crippen molar-refractivity contribution < 1.29 is 0 Å². The van der Waals surface area contributed by atoms with Crippen LogP contribution in [0, 0.1) is 5.92 Å². The van der Waals surface area contributed by atoms with Crippen LogP contribution in [0.2, 0.25) is 0 Å². The third-order valence-corrected chi connectivity index (χ3v) is 4.10. The summed E-state index contributed by atoms with van der Waals surface area (Å²) < 4.78 is 3.11. The summed E-state index contributed by atoms with van der Waals surface area (Å²) in [6.07, 6.45) is 4.18. The minimum Gasteiger partial charge on any atom is -0.267 e. The fourth-order valence-electron chi connectivity index (χ4n) is 1.37. The molecule has 10 heavy (non-hydrogen) atoms. The van der Waals surface area contributed by atoms with Gasteiger partial charge in [0.25, 0.3) is 0 Å². The Hall–Kier alpha value is 0.790. The molecule has 0 bridgehead atoms.